The third kappa shape index (κ3) is 8.41. The molecule has 1 heteroatoms. The lowest BCUT2D eigenvalue weighted by atomic mass is 9.68. The van der Waals surface area contributed by atoms with Crippen LogP contribution in [0.4, 0.5) is 4.39 Å². The highest BCUT2D eigenvalue weighted by Gasteiger charge is 2.31. The zero-order chi connectivity index (χ0) is 21.9. The van der Waals surface area contributed by atoms with Gasteiger partial charge in [-0.2, -0.15) is 0 Å². The molecule has 31 heavy (non-hydrogen) atoms. The van der Waals surface area contributed by atoms with E-state index in [-0.39, 0.29) is 5.92 Å². The van der Waals surface area contributed by atoms with E-state index in [0.717, 1.165) is 30.6 Å². The average molecular weight is 431 g/mol. The molecule has 3 fully saturated rings. The normalized spacial score (nSPS) is 36.5. The molecule has 0 N–H and O–H groups in total. The van der Waals surface area contributed by atoms with Crippen molar-refractivity contribution in [2.24, 2.45) is 35.5 Å². The summed E-state index contributed by atoms with van der Waals surface area (Å²) in [5.74, 6) is 11.2. The van der Waals surface area contributed by atoms with Gasteiger partial charge in [0.05, 0.1) is 5.92 Å². The van der Waals surface area contributed by atoms with Crippen molar-refractivity contribution in [3.8, 4) is 11.8 Å². The first-order chi connectivity index (χ1) is 15.2. The SMILES string of the molecule is CCCCCC1CCC(C#C[C@H]2CC[C@H]([C@H]3CC[C@H](CCCCC)CC3)CC2)C(F)C1. The third-order valence-corrected chi connectivity index (χ3v) is 9.12. The molecule has 3 unspecified atom stereocenters. The monoisotopic (exact) mass is 430 g/mol. The molecule has 0 aromatic carbocycles. The highest BCUT2D eigenvalue weighted by atomic mass is 19.1. The Kier molecular flexibility index (Phi) is 11.3. The second-order valence-corrected chi connectivity index (χ2v) is 11.5. The maximum Gasteiger partial charge on any atom is 0.114 e. The number of unbranched alkanes of at least 4 members (excludes halogenated alkanes) is 4. The Balaban J connectivity index is 1.33. The molecule has 0 aliphatic heterocycles. The highest BCUT2D eigenvalue weighted by molar-refractivity contribution is 5.11. The molecule has 0 bridgehead atoms. The predicted molar refractivity (Wildman–Crippen MR) is 133 cm³/mol. The molecule has 3 saturated carbocycles. The van der Waals surface area contributed by atoms with Crippen molar-refractivity contribution in [1.29, 1.82) is 0 Å². The van der Waals surface area contributed by atoms with E-state index < -0.39 is 6.17 Å². The summed E-state index contributed by atoms with van der Waals surface area (Å²) < 4.78 is 14.7. The fourth-order valence-corrected chi connectivity index (χ4v) is 6.90. The van der Waals surface area contributed by atoms with Crippen molar-refractivity contribution in [1.82, 2.24) is 0 Å². The van der Waals surface area contributed by atoms with Gasteiger partial charge in [-0.3, -0.25) is 0 Å². The van der Waals surface area contributed by atoms with Crippen LogP contribution in [-0.2, 0) is 0 Å². The predicted octanol–water partition coefficient (Wildman–Crippen LogP) is 9.52. The second-order valence-electron chi connectivity index (χ2n) is 11.5. The minimum absolute atomic E-state index is 0.0307. The Morgan fingerprint density at radius 1 is 0.613 bits per heavy atom. The Morgan fingerprint density at radius 2 is 1.16 bits per heavy atom. The lowest BCUT2D eigenvalue weighted by Crippen LogP contribution is -2.26. The fourth-order valence-electron chi connectivity index (χ4n) is 6.90. The molecule has 3 atom stereocenters. The van der Waals surface area contributed by atoms with Crippen LogP contribution in [0.15, 0.2) is 0 Å². The largest absolute Gasteiger partial charge is 0.246 e. The van der Waals surface area contributed by atoms with Gasteiger partial charge < -0.3 is 0 Å². The summed E-state index contributed by atoms with van der Waals surface area (Å²) in [4.78, 5) is 0. The van der Waals surface area contributed by atoms with Crippen molar-refractivity contribution < 1.29 is 4.39 Å². The van der Waals surface area contributed by atoms with Crippen LogP contribution in [0.1, 0.15) is 136 Å². The summed E-state index contributed by atoms with van der Waals surface area (Å²) >= 11 is 0. The lowest BCUT2D eigenvalue weighted by Gasteiger charge is -2.37. The smallest absolute Gasteiger partial charge is 0.114 e. The standard InChI is InChI=1S/C30H51F/c1-3-5-7-9-24-11-17-27(18-12-24)28-19-13-25(14-20-28)15-21-29-22-16-26(23-30(29)31)10-8-6-4-2/h24-30H,3-14,16-20,22-23H2,1-2H3/t24-,25-,26?,27-,28-,29?,30?. The summed E-state index contributed by atoms with van der Waals surface area (Å²) in [5, 5.41) is 0. The van der Waals surface area contributed by atoms with Crippen molar-refractivity contribution in [3.63, 3.8) is 0 Å². The van der Waals surface area contributed by atoms with Gasteiger partial charge in [-0.25, -0.2) is 4.39 Å². The van der Waals surface area contributed by atoms with Crippen LogP contribution in [0.5, 0.6) is 0 Å². The van der Waals surface area contributed by atoms with Crippen molar-refractivity contribution in [2.75, 3.05) is 0 Å². The molecule has 0 radical (unpaired) electrons. The molecule has 0 heterocycles. The van der Waals surface area contributed by atoms with Crippen LogP contribution >= 0.6 is 0 Å². The van der Waals surface area contributed by atoms with Gasteiger partial charge in [-0.1, -0.05) is 89.9 Å². The fraction of sp³-hybridized carbons (Fsp3) is 0.933. The van der Waals surface area contributed by atoms with Crippen molar-refractivity contribution >= 4 is 0 Å². The maximum atomic E-state index is 14.7. The topological polar surface area (TPSA) is 0 Å². The third-order valence-electron chi connectivity index (χ3n) is 9.12. The summed E-state index contributed by atoms with van der Waals surface area (Å²) in [6.07, 6.45) is 24.4. The zero-order valence-corrected chi connectivity index (χ0v) is 20.9. The van der Waals surface area contributed by atoms with Crippen LogP contribution < -0.4 is 0 Å². The second kappa shape index (κ2) is 13.9. The first-order valence-corrected chi connectivity index (χ1v) is 14.3. The number of hydrogen-bond acceptors (Lipinski definition) is 0. The van der Waals surface area contributed by atoms with E-state index in [9.17, 15) is 4.39 Å². The maximum absolute atomic E-state index is 14.7. The van der Waals surface area contributed by atoms with E-state index in [4.69, 9.17) is 0 Å². The first-order valence-electron chi connectivity index (χ1n) is 14.3. The van der Waals surface area contributed by atoms with Gasteiger partial charge in [-0.15, -0.1) is 0 Å². The molecule has 3 rings (SSSR count). The van der Waals surface area contributed by atoms with E-state index in [0.29, 0.717) is 11.8 Å². The molecule has 0 aromatic heterocycles. The summed E-state index contributed by atoms with van der Waals surface area (Å²) in [6, 6.07) is 0. The van der Waals surface area contributed by atoms with Crippen LogP contribution in [0.25, 0.3) is 0 Å². The van der Waals surface area contributed by atoms with E-state index in [1.54, 1.807) is 0 Å². The van der Waals surface area contributed by atoms with E-state index >= 15 is 0 Å². The summed E-state index contributed by atoms with van der Waals surface area (Å²) in [7, 11) is 0. The molecule has 0 spiro atoms. The van der Waals surface area contributed by atoms with E-state index in [2.05, 4.69) is 25.7 Å². The minimum Gasteiger partial charge on any atom is -0.246 e. The van der Waals surface area contributed by atoms with Gasteiger partial charge in [0, 0.05) is 5.92 Å². The van der Waals surface area contributed by atoms with E-state index in [1.807, 2.05) is 0 Å². The number of hydrogen-bond donors (Lipinski definition) is 0. The zero-order valence-electron chi connectivity index (χ0n) is 20.9. The van der Waals surface area contributed by atoms with Gasteiger partial charge >= 0.3 is 0 Å². The summed E-state index contributed by atoms with van der Waals surface area (Å²) in [6.45, 7) is 4.56. The Bertz CT molecular complexity index is 526. The molecule has 0 nitrogen and oxygen atoms in total. The highest BCUT2D eigenvalue weighted by Crippen LogP contribution is 2.42. The van der Waals surface area contributed by atoms with Gasteiger partial charge in [0.2, 0.25) is 0 Å². The Morgan fingerprint density at radius 3 is 1.74 bits per heavy atom. The molecule has 0 aromatic rings. The Labute approximate surface area is 193 Å². The van der Waals surface area contributed by atoms with Gasteiger partial charge in [0.1, 0.15) is 6.17 Å². The van der Waals surface area contributed by atoms with Crippen molar-refractivity contribution in [2.45, 2.75) is 142 Å². The van der Waals surface area contributed by atoms with Gasteiger partial charge in [0.25, 0.3) is 0 Å². The molecule has 178 valence electrons. The number of alkyl halides is 1. The molecular weight excluding hydrogens is 379 g/mol. The van der Waals surface area contributed by atoms with E-state index in [1.165, 1.54) is 109 Å². The molecule has 3 aliphatic carbocycles. The average Bonchev–Trinajstić information content (AvgIpc) is 2.80. The molecule has 0 amide bonds. The van der Waals surface area contributed by atoms with Crippen LogP contribution in [0.2, 0.25) is 0 Å². The number of halogens is 1. The van der Waals surface area contributed by atoms with Gasteiger partial charge in [0.15, 0.2) is 0 Å². The lowest BCUT2D eigenvalue weighted by molar-refractivity contribution is 0.149. The number of rotatable bonds is 9. The Hall–Kier alpha value is -0.510. The van der Waals surface area contributed by atoms with Gasteiger partial charge in [-0.05, 0) is 81.5 Å². The molecule has 3 aliphatic rings. The minimum atomic E-state index is -0.670. The van der Waals surface area contributed by atoms with Crippen LogP contribution in [-0.4, -0.2) is 6.17 Å². The first kappa shape index (κ1) is 25.1. The molecule has 0 saturated heterocycles. The van der Waals surface area contributed by atoms with Crippen LogP contribution in [0, 0.1) is 47.3 Å². The molecular formula is C30H51F. The van der Waals surface area contributed by atoms with Crippen LogP contribution in [0.3, 0.4) is 0 Å². The quantitative estimate of drug-likeness (QED) is 0.252. The van der Waals surface area contributed by atoms with Crippen molar-refractivity contribution in [3.05, 3.63) is 0 Å². The summed E-state index contributed by atoms with van der Waals surface area (Å²) in [5.41, 5.74) is 0.